The first kappa shape index (κ1) is 19.9. The van der Waals surface area contributed by atoms with Crippen LogP contribution in [0.1, 0.15) is 5.56 Å². The summed E-state index contributed by atoms with van der Waals surface area (Å²) >= 11 is 0. The van der Waals surface area contributed by atoms with E-state index >= 15 is 0 Å². The third-order valence-electron chi connectivity index (χ3n) is 5.03. The lowest BCUT2D eigenvalue weighted by Crippen LogP contribution is -2.27. The fourth-order valence-corrected chi connectivity index (χ4v) is 4.94. The van der Waals surface area contributed by atoms with Crippen molar-refractivity contribution in [2.24, 2.45) is 4.99 Å². The molecule has 0 unspecified atom stereocenters. The van der Waals surface area contributed by atoms with Crippen LogP contribution in [-0.4, -0.2) is 32.7 Å². The number of sulfonamides is 1. The summed E-state index contributed by atoms with van der Waals surface area (Å²) < 4.78 is 33.5. The molecule has 0 saturated heterocycles. The Bertz CT molecular complexity index is 1200. The second-order valence-corrected chi connectivity index (χ2v) is 8.74. The van der Waals surface area contributed by atoms with E-state index in [1.807, 2.05) is 67.6 Å². The molecule has 6 heteroatoms. The van der Waals surface area contributed by atoms with Crippen molar-refractivity contribution < 1.29 is 13.2 Å². The number of rotatable bonds is 5. The molecule has 0 fully saturated rings. The van der Waals surface area contributed by atoms with Crippen LogP contribution in [0.4, 0.5) is 0 Å². The Labute approximate surface area is 177 Å². The minimum Gasteiger partial charge on any atom is -0.497 e. The van der Waals surface area contributed by atoms with Crippen molar-refractivity contribution >= 4 is 16.4 Å². The third kappa shape index (κ3) is 3.62. The minimum absolute atomic E-state index is 0.239. The molecule has 0 aliphatic carbocycles. The van der Waals surface area contributed by atoms with Crippen LogP contribution < -0.4 is 4.74 Å². The second kappa shape index (κ2) is 8.16. The minimum atomic E-state index is -3.83. The largest absolute Gasteiger partial charge is 0.497 e. The van der Waals surface area contributed by atoms with E-state index < -0.39 is 10.0 Å². The van der Waals surface area contributed by atoms with Crippen molar-refractivity contribution in [3.05, 3.63) is 84.6 Å². The van der Waals surface area contributed by atoms with Gasteiger partial charge in [0.05, 0.1) is 18.6 Å². The number of hydrogen-bond acceptors (Lipinski definition) is 4. The second-order valence-electron chi connectivity index (χ2n) is 6.93. The molecule has 3 aromatic rings. The lowest BCUT2D eigenvalue weighted by Gasteiger charge is -2.23. The van der Waals surface area contributed by atoms with Gasteiger partial charge in [0, 0.05) is 11.8 Å². The van der Waals surface area contributed by atoms with Crippen molar-refractivity contribution in [2.45, 2.75) is 11.8 Å². The lowest BCUT2D eigenvalue weighted by molar-refractivity contribution is 0.415. The Kier molecular flexibility index (Phi) is 5.42. The zero-order valence-corrected chi connectivity index (χ0v) is 17.6. The van der Waals surface area contributed by atoms with Crippen molar-refractivity contribution in [3.63, 3.8) is 0 Å². The molecule has 4 rings (SSSR count). The van der Waals surface area contributed by atoms with Gasteiger partial charge in [-0.25, -0.2) is 12.7 Å². The zero-order chi connectivity index (χ0) is 21.1. The van der Waals surface area contributed by atoms with E-state index in [0.717, 1.165) is 28.0 Å². The van der Waals surface area contributed by atoms with Crippen LogP contribution >= 0.6 is 0 Å². The number of benzene rings is 3. The lowest BCUT2D eigenvalue weighted by atomic mass is 9.91. The summed E-state index contributed by atoms with van der Waals surface area (Å²) in [6, 6.07) is 20.8. The Morgan fingerprint density at radius 1 is 0.900 bits per heavy atom. The molecule has 0 aromatic heterocycles. The number of aryl methyl sites for hydroxylation is 1. The summed E-state index contributed by atoms with van der Waals surface area (Å²) in [5, 5.41) is 0. The van der Waals surface area contributed by atoms with Gasteiger partial charge in [-0.15, -0.1) is 0 Å². The van der Waals surface area contributed by atoms with Crippen LogP contribution in [0.5, 0.6) is 5.75 Å². The molecule has 0 atom stereocenters. The number of aliphatic imine (C=N–C) groups is 1. The molecule has 1 heterocycles. The highest BCUT2D eigenvalue weighted by molar-refractivity contribution is 7.89. The molecule has 152 valence electrons. The predicted octanol–water partition coefficient (Wildman–Crippen LogP) is 4.88. The Hall–Kier alpha value is -3.38. The standard InChI is InChI=1S/C24H22N2O3S/c1-18-9-14-22(30(27,28)26-16-6-15-25-17-26)24(19-7-4-3-5-8-19)23(18)20-10-12-21(29-2)13-11-20/h3-14,16-17H,15H2,1-2H3. The molecule has 0 radical (unpaired) electrons. The number of ether oxygens (including phenoxy) is 1. The summed E-state index contributed by atoms with van der Waals surface area (Å²) in [4.78, 5) is 4.33. The topological polar surface area (TPSA) is 59.0 Å². The maximum atomic E-state index is 13.5. The number of hydrogen-bond donors (Lipinski definition) is 0. The molecule has 3 aromatic carbocycles. The highest BCUT2D eigenvalue weighted by Gasteiger charge is 2.28. The molecule has 0 spiro atoms. The molecule has 30 heavy (non-hydrogen) atoms. The first-order chi connectivity index (χ1) is 14.5. The highest BCUT2D eigenvalue weighted by Crippen LogP contribution is 2.40. The molecule has 0 saturated carbocycles. The van der Waals surface area contributed by atoms with Crippen LogP contribution in [0.2, 0.25) is 0 Å². The zero-order valence-electron chi connectivity index (χ0n) is 16.8. The quantitative estimate of drug-likeness (QED) is 0.593. The first-order valence-corrected chi connectivity index (χ1v) is 11.0. The van der Waals surface area contributed by atoms with Gasteiger partial charge in [-0.3, -0.25) is 4.99 Å². The Morgan fingerprint density at radius 3 is 2.23 bits per heavy atom. The van der Waals surface area contributed by atoms with Gasteiger partial charge in [-0.05, 0) is 53.5 Å². The Balaban J connectivity index is 2.01. The van der Waals surface area contributed by atoms with E-state index in [4.69, 9.17) is 4.74 Å². The van der Waals surface area contributed by atoms with Gasteiger partial charge < -0.3 is 4.74 Å². The molecule has 0 amide bonds. The summed E-state index contributed by atoms with van der Waals surface area (Å²) in [6.07, 6.45) is 4.62. The summed E-state index contributed by atoms with van der Waals surface area (Å²) in [7, 11) is -2.21. The van der Waals surface area contributed by atoms with Crippen molar-refractivity contribution in [1.82, 2.24) is 4.31 Å². The maximum Gasteiger partial charge on any atom is 0.269 e. The first-order valence-electron chi connectivity index (χ1n) is 9.56. The van der Waals surface area contributed by atoms with Crippen LogP contribution in [0, 0.1) is 6.92 Å². The van der Waals surface area contributed by atoms with Gasteiger partial charge in [-0.2, -0.15) is 0 Å². The normalized spacial score (nSPS) is 13.5. The summed E-state index contributed by atoms with van der Waals surface area (Å²) in [5.41, 5.74) is 4.30. The maximum absolute atomic E-state index is 13.5. The Morgan fingerprint density at radius 2 is 1.60 bits per heavy atom. The predicted molar refractivity (Wildman–Crippen MR) is 120 cm³/mol. The average Bonchev–Trinajstić information content (AvgIpc) is 2.80. The molecule has 0 bridgehead atoms. The van der Waals surface area contributed by atoms with Crippen LogP contribution in [0.25, 0.3) is 22.3 Å². The van der Waals surface area contributed by atoms with E-state index in [1.165, 1.54) is 10.6 Å². The molecule has 0 N–H and O–H groups in total. The van der Waals surface area contributed by atoms with Crippen molar-refractivity contribution in [3.8, 4) is 28.0 Å². The molecule has 5 nitrogen and oxygen atoms in total. The van der Waals surface area contributed by atoms with Gasteiger partial charge >= 0.3 is 0 Å². The molecular formula is C24H22N2O3S. The van der Waals surface area contributed by atoms with E-state index in [2.05, 4.69) is 4.99 Å². The van der Waals surface area contributed by atoms with Gasteiger partial charge in [0.25, 0.3) is 10.0 Å². The van der Waals surface area contributed by atoms with Crippen LogP contribution in [-0.2, 0) is 10.0 Å². The molecule has 1 aliphatic rings. The molecular weight excluding hydrogens is 396 g/mol. The van der Waals surface area contributed by atoms with E-state index in [9.17, 15) is 8.42 Å². The van der Waals surface area contributed by atoms with Gasteiger partial charge in [0.15, 0.2) is 0 Å². The van der Waals surface area contributed by atoms with Crippen molar-refractivity contribution in [1.29, 1.82) is 0 Å². The fraction of sp³-hybridized carbons (Fsp3) is 0.125. The molecule has 1 aliphatic heterocycles. The van der Waals surface area contributed by atoms with E-state index in [0.29, 0.717) is 12.1 Å². The van der Waals surface area contributed by atoms with Gasteiger partial charge in [-0.1, -0.05) is 48.5 Å². The van der Waals surface area contributed by atoms with Gasteiger partial charge in [0.2, 0.25) is 0 Å². The summed E-state index contributed by atoms with van der Waals surface area (Å²) in [6.45, 7) is 2.47. The highest BCUT2D eigenvalue weighted by atomic mass is 32.2. The monoisotopic (exact) mass is 418 g/mol. The van der Waals surface area contributed by atoms with Crippen molar-refractivity contribution in [2.75, 3.05) is 13.7 Å². The van der Waals surface area contributed by atoms with Crippen LogP contribution in [0.3, 0.4) is 0 Å². The fourth-order valence-electron chi connectivity index (χ4n) is 3.56. The average molecular weight is 419 g/mol. The summed E-state index contributed by atoms with van der Waals surface area (Å²) in [5.74, 6) is 0.746. The number of nitrogens with zero attached hydrogens (tertiary/aromatic N) is 2. The van der Waals surface area contributed by atoms with E-state index in [-0.39, 0.29) is 4.90 Å². The smallest absolute Gasteiger partial charge is 0.269 e. The number of methoxy groups -OCH3 is 1. The van der Waals surface area contributed by atoms with E-state index in [1.54, 1.807) is 25.5 Å². The van der Waals surface area contributed by atoms with Gasteiger partial charge in [0.1, 0.15) is 12.1 Å². The van der Waals surface area contributed by atoms with Crippen LogP contribution in [0.15, 0.2) is 88.9 Å². The SMILES string of the molecule is COc1ccc(-c2c(C)ccc(S(=O)(=O)N3C=CCN=C3)c2-c2ccccc2)cc1. The third-order valence-corrected chi connectivity index (χ3v) is 6.70.